The average molecular weight is 749 g/mol. The van der Waals surface area contributed by atoms with Gasteiger partial charge in [-0.3, -0.25) is 0 Å². The topological polar surface area (TPSA) is 18.0 Å². The van der Waals surface area contributed by atoms with Crippen molar-refractivity contribution >= 4 is 106 Å². The summed E-state index contributed by atoms with van der Waals surface area (Å²) in [6.07, 6.45) is 0. The van der Waals surface area contributed by atoms with Gasteiger partial charge >= 0.3 is 0 Å². The molecule has 272 valence electrons. The fourth-order valence-corrected chi connectivity index (χ4v) is 11.0. The molecule has 0 fully saturated rings. The maximum atomic E-state index is 2.65. The SMILES string of the molecule is c1ccc(N2c3ccccc3B3c4c2cc(-n2c5ccccc5c5ccccc52)cc4-n2c4c3cccc4c3ccc4c(c5ccccc5n4-c4ccccc4)c32)cc1. The van der Waals surface area contributed by atoms with Gasteiger partial charge in [-0.25, -0.2) is 0 Å². The quantitative estimate of drug-likeness (QED) is 0.165. The van der Waals surface area contributed by atoms with E-state index in [1.165, 1.54) is 98.9 Å². The Morgan fingerprint density at radius 3 is 1.59 bits per heavy atom. The summed E-state index contributed by atoms with van der Waals surface area (Å²) in [6.45, 7) is 0.0463. The van der Waals surface area contributed by atoms with E-state index in [1.54, 1.807) is 0 Å². The highest BCUT2D eigenvalue weighted by molar-refractivity contribution is 7.00. The number of nitrogens with zero attached hydrogens (tertiary/aromatic N) is 4. The second-order valence-electron chi connectivity index (χ2n) is 16.1. The number of benzene rings is 9. The van der Waals surface area contributed by atoms with Crippen LogP contribution in [-0.2, 0) is 0 Å². The molecule has 5 heterocycles. The molecule has 0 saturated carbocycles. The van der Waals surface area contributed by atoms with Crippen LogP contribution in [0.1, 0.15) is 0 Å². The van der Waals surface area contributed by atoms with Crippen molar-refractivity contribution in [2.24, 2.45) is 0 Å². The average Bonchev–Trinajstić information content (AvgIpc) is 3.94. The Balaban J connectivity index is 1.21. The number of fused-ring (bicyclic) bond motifs is 14. The van der Waals surface area contributed by atoms with Crippen LogP contribution >= 0.6 is 0 Å². The zero-order valence-electron chi connectivity index (χ0n) is 31.9. The lowest BCUT2D eigenvalue weighted by atomic mass is 9.34. The maximum absolute atomic E-state index is 2.65. The molecule has 0 N–H and O–H groups in total. The van der Waals surface area contributed by atoms with Crippen LogP contribution in [0, 0.1) is 0 Å². The molecule has 14 rings (SSSR count). The minimum Gasteiger partial charge on any atom is -0.311 e. The lowest BCUT2D eigenvalue weighted by Crippen LogP contribution is -2.60. The van der Waals surface area contributed by atoms with Crippen molar-refractivity contribution in [3.63, 3.8) is 0 Å². The molecule has 12 aromatic rings. The Morgan fingerprint density at radius 1 is 0.305 bits per heavy atom. The second kappa shape index (κ2) is 11.4. The molecule has 2 aliphatic rings. The molecule has 59 heavy (non-hydrogen) atoms. The van der Waals surface area contributed by atoms with E-state index in [2.05, 4.69) is 219 Å². The maximum Gasteiger partial charge on any atom is 0.252 e. The number of hydrogen-bond donors (Lipinski definition) is 0. The van der Waals surface area contributed by atoms with Crippen molar-refractivity contribution in [2.45, 2.75) is 0 Å². The molecule has 0 unspecified atom stereocenters. The monoisotopic (exact) mass is 748 g/mol. The fraction of sp³-hybridized carbons (Fsp3) is 0. The Labute approximate surface area is 340 Å². The van der Waals surface area contributed by atoms with Gasteiger partial charge in [0.1, 0.15) is 0 Å². The molecule has 0 radical (unpaired) electrons. The van der Waals surface area contributed by atoms with Gasteiger partial charge in [-0.1, -0.05) is 133 Å². The molecule has 0 saturated heterocycles. The van der Waals surface area contributed by atoms with E-state index in [0.29, 0.717) is 0 Å². The van der Waals surface area contributed by atoms with Gasteiger partial charge in [0.2, 0.25) is 0 Å². The van der Waals surface area contributed by atoms with Gasteiger partial charge < -0.3 is 18.6 Å². The Hall–Kier alpha value is -7.76. The lowest BCUT2D eigenvalue weighted by molar-refractivity contribution is 1.13. The van der Waals surface area contributed by atoms with Crippen molar-refractivity contribution in [1.82, 2.24) is 13.7 Å². The van der Waals surface area contributed by atoms with Crippen molar-refractivity contribution in [3.05, 3.63) is 200 Å². The molecule has 0 amide bonds. The van der Waals surface area contributed by atoms with Gasteiger partial charge in [0, 0.05) is 66.3 Å². The van der Waals surface area contributed by atoms with E-state index < -0.39 is 0 Å². The molecule has 0 bridgehead atoms. The first kappa shape index (κ1) is 31.3. The molecule has 9 aromatic carbocycles. The molecule has 0 aliphatic carbocycles. The number of anilines is 3. The van der Waals surface area contributed by atoms with Crippen LogP contribution in [0.5, 0.6) is 0 Å². The first-order chi connectivity index (χ1) is 29.3. The number of rotatable bonds is 3. The first-order valence-corrected chi connectivity index (χ1v) is 20.5. The van der Waals surface area contributed by atoms with E-state index in [1.807, 2.05) is 0 Å². The van der Waals surface area contributed by atoms with Crippen LogP contribution in [0.3, 0.4) is 0 Å². The zero-order chi connectivity index (χ0) is 38.3. The van der Waals surface area contributed by atoms with E-state index in [4.69, 9.17) is 0 Å². The Kier molecular flexibility index (Phi) is 6.07. The highest BCUT2D eigenvalue weighted by atomic mass is 15.2. The Morgan fingerprint density at radius 2 is 0.847 bits per heavy atom. The van der Waals surface area contributed by atoms with E-state index in [0.717, 1.165) is 17.1 Å². The third-order valence-electron chi connectivity index (χ3n) is 13.2. The third kappa shape index (κ3) is 3.99. The van der Waals surface area contributed by atoms with Crippen LogP contribution < -0.4 is 21.3 Å². The summed E-state index contributed by atoms with van der Waals surface area (Å²) >= 11 is 0. The van der Waals surface area contributed by atoms with Crippen molar-refractivity contribution in [3.8, 4) is 17.1 Å². The van der Waals surface area contributed by atoms with Crippen LogP contribution in [-0.4, -0.2) is 20.4 Å². The minimum absolute atomic E-state index is 0.0463. The van der Waals surface area contributed by atoms with Crippen LogP contribution in [0.15, 0.2) is 200 Å². The summed E-state index contributed by atoms with van der Waals surface area (Å²) in [7, 11) is 0. The van der Waals surface area contributed by atoms with Crippen LogP contribution in [0.4, 0.5) is 17.1 Å². The predicted molar refractivity (Wildman–Crippen MR) is 249 cm³/mol. The summed E-state index contributed by atoms with van der Waals surface area (Å²) in [5.41, 5.74) is 18.5. The summed E-state index contributed by atoms with van der Waals surface area (Å²) < 4.78 is 7.58. The van der Waals surface area contributed by atoms with Gasteiger partial charge in [0.15, 0.2) is 0 Å². The molecular weight excluding hydrogens is 715 g/mol. The number of para-hydroxylation sites is 7. The second-order valence-corrected chi connectivity index (χ2v) is 16.1. The molecule has 0 atom stereocenters. The van der Waals surface area contributed by atoms with Crippen LogP contribution in [0.25, 0.3) is 82.5 Å². The number of aromatic nitrogens is 3. The van der Waals surface area contributed by atoms with Gasteiger partial charge in [-0.05, 0) is 83.1 Å². The molecule has 5 heteroatoms. The van der Waals surface area contributed by atoms with E-state index in [9.17, 15) is 0 Å². The van der Waals surface area contributed by atoms with Crippen molar-refractivity contribution in [2.75, 3.05) is 4.90 Å². The van der Waals surface area contributed by atoms with Crippen molar-refractivity contribution < 1.29 is 0 Å². The number of hydrogen-bond acceptors (Lipinski definition) is 1. The summed E-state index contributed by atoms with van der Waals surface area (Å²) in [5.74, 6) is 0. The molecule has 2 aliphatic heterocycles. The first-order valence-electron chi connectivity index (χ1n) is 20.5. The van der Waals surface area contributed by atoms with Gasteiger partial charge in [0.25, 0.3) is 6.71 Å². The predicted octanol–water partition coefficient (Wildman–Crippen LogP) is 11.6. The van der Waals surface area contributed by atoms with E-state index >= 15 is 0 Å². The van der Waals surface area contributed by atoms with Gasteiger partial charge in [-0.2, -0.15) is 0 Å². The smallest absolute Gasteiger partial charge is 0.252 e. The summed E-state index contributed by atoms with van der Waals surface area (Å²) in [6, 6.07) is 74.1. The third-order valence-corrected chi connectivity index (χ3v) is 13.2. The van der Waals surface area contributed by atoms with E-state index in [-0.39, 0.29) is 6.71 Å². The normalized spacial score (nSPS) is 13.0. The lowest BCUT2D eigenvalue weighted by Gasteiger charge is -2.40. The van der Waals surface area contributed by atoms with Crippen LogP contribution in [0.2, 0.25) is 0 Å². The van der Waals surface area contributed by atoms with Crippen molar-refractivity contribution in [1.29, 1.82) is 0 Å². The largest absolute Gasteiger partial charge is 0.311 e. The van der Waals surface area contributed by atoms with Gasteiger partial charge in [0.05, 0.1) is 33.3 Å². The van der Waals surface area contributed by atoms with Gasteiger partial charge in [-0.15, -0.1) is 0 Å². The summed E-state index contributed by atoms with van der Waals surface area (Å²) in [5, 5.41) is 7.60. The minimum atomic E-state index is 0.0463. The highest BCUT2D eigenvalue weighted by Gasteiger charge is 2.42. The molecular formula is C54H33BN4. The zero-order valence-corrected chi connectivity index (χ0v) is 31.9. The molecule has 3 aromatic heterocycles. The standard InChI is InChI=1S/C54H33BN4/c1-3-16-34(17-4-1)56-46-28-13-9-22-41(46)51-48(56)31-30-40-39-23-15-25-43-53(39)59(54(40)51)50-33-36(58-44-26-11-7-20-37(44)38-21-8-12-27-45(38)58)32-49-52(50)55(43)42-24-10-14-29-47(42)57(49)35-18-5-2-6-19-35/h1-33H. The summed E-state index contributed by atoms with van der Waals surface area (Å²) in [4.78, 5) is 2.51. The highest BCUT2D eigenvalue weighted by Crippen LogP contribution is 2.46. The molecule has 4 nitrogen and oxygen atoms in total. The fourth-order valence-electron chi connectivity index (χ4n) is 11.0. The Bertz CT molecular complexity index is 3690. The molecule has 0 spiro atoms.